The zero-order valence-electron chi connectivity index (χ0n) is 15.7. The number of hydrogen-bond acceptors (Lipinski definition) is 6. The predicted octanol–water partition coefficient (Wildman–Crippen LogP) is 1.13. The van der Waals surface area contributed by atoms with Crippen molar-refractivity contribution in [1.29, 1.82) is 0 Å². The Bertz CT molecular complexity index is 905. The number of carboxylic acid groups (broad SMARTS) is 1. The summed E-state index contributed by atoms with van der Waals surface area (Å²) in [7, 11) is 0. The molecule has 0 spiro atoms. The number of carbonyl (C=O) groups is 3. The smallest absolute Gasteiger partial charge is 0.416 e. The van der Waals surface area contributed by atoms with Crippen molar-refractivity contribution in [2.24, 2.45) is 5.10 Å². The summed E-state index contributed by atoms with van der Waals surface area (Å²) in [5, 5.41) is 13.0. The van der Waals surface area contributed by atoms with Crippen molar-refractivity contribution in [2.75, 3.05) is 0 Å². The molecule has 30 heavy (non-hydrogen) atoms. The average molecular weight is 448 g/mol. The molecule has 1 saturated heterocycles. The molecule has 1 aliphatic rings. The third-order valence-electron chi connectivity index (χ3n) is 4.61. The summed E-state index contributed by atoms with van der Waals surface area (Å²) in [6.45, 7) is 2.57. The number of benzene rings is 1. The van der Waals surface area contributed by atoms with Gasteiger partial charge in [0.1, 0.15) is 0 Å². The topological polar surface area (TPSA) is 139 Å². The van der Waals surface area contributed by atoms with Gasteiger partial charge in [0.05, 0.1) is 10.3 Å². The number of alkyl halides is 3. The van der Waals surface area contributed by atoms with Crippen LogP contribution < -0.4 is 5.43 Å². The van der Waals surface area contributed by atoms with E-state index >= 15 is 0 Å². The highest BCUT2D eigenvalue weighted by Gasteiger charge is 2.51. The molecule has 0 aromatic heterocycles. The van der Waals surface area contributed by atoms with Crippen molar-refractivity contribution in [1.82, 2.24) is 10.3 Å². The first kappa shape index (κ1) is 23.5. The van der Waals surface area contributed by atoms with Crippen LogP contribution in [-0.4, -0.2) is 59.6 Å². The minimum Gasteiger partial charge on any atom is -0.772 e. The predicted molar refractivity (Wildman–Crippen MR) is 97.1 cm³/mol. The Morgan fingerprint density at radius 2 is 1.93 bits per heavy atom. The van der Waals surface area contributed by atoms with Gasteiger partial charge in [-0.1, -0.05) is 0 Å². The molecule has 0 bridgehead atoms. The van der Waals surface area contributed by atoms with Crippen LogP contribution >= 0.6 is 0 Å². The fourth-order valence-corrected chi connectivity index (χ4v) is 3.46. The molecule has 0 radical (unpaired) electrons. The number of carboxylic acids is 1. The average Bonchev–Trinajstić information content (AvgIpc) is 2.64. The quantitative estimate of drug-likeness (QED) is 0.277. The van der Waals surface area contributed by atoms with Crippen LogP contribution in [0.3, 0.4) is 0 Å². The Morgan fingerprint density at radius 3 is 2.33 bits per heavy atom. The van der Waals surface area contributed by atoms with Crippen LogP contribution in [0.15, 0.2) is 29.4 Å². The molecule has 9 nitrogen and oxygen atoms in total. The van der Waals surface area contributed by atoms with Crippen molar-refractivity contribution in [3.63, 3.8) is 0 Å². The van der Waals surface area contributed by atoms with Crippen LogP contribution in [0.25, 0.3) is 0 Å². The van der Waals surface area contributed by atoms with Gasteiger partial charge < -0.3 is 14.6 Å². The van der Waals surface area contributed by atoms with E-state index in [4.69, 9.17) is 0 Å². The fourth-order valence-electron chi connectivity index (χ4n) is 2.93. The summed E-state index contributed by atoms with van der Waals surface area (Å²) in [5.41, 5.74) is 0.787. The Hall–Kier alpha value is -2.80. The number of amides is 2. The molecular weight excluding hydrogens is 431 g/mol. The molecule has 1 aliphatic heterocycles. The lowest BCUT2D eigenvalue weighted by Gasteiger charge is -2.48. The SMILES string of the molecule is C[C@@H]1CC(=O)N1[C@@H](C(=O)O)[C@](C)(/C=N/NC(=O)c1ccc(C(F)(F)F)cc1)S(=O)[O-]. The lowest BCUT2D eigenvalue weighted by Crippen LogP contribution is -2.67. The van der Waals surface area contributed by atoms with Crippen molar-refractivity contribution < 1.29 is 41.4 Å². The number of nitrogens with zero attached hydrogens (tertiary/aromatic N) is 2. The van der Waals surface area contributed by atoms with Crippen molar-refractivity contribution in [2.45, 2.75) is 43.3 Å². The zero-order valence-corrected chi connectivity index (χ0v) is 16.5. The summed E-state index contributed by atoms with van der Waals surface area (Å²) in [5.74, 6) is -3.07. The summed E-state index contributed by atoms with van der Waals surface area (Å²) in [6, 6.07) is 0.882. The second-order valence-electron chi connectivity index (χ2n) is 6.79. The molecule has 4 atom stereocenters. The van der Waals surface area contributed by atoms with Gasteiger partial charge in [-0.15, -0.1) is 0 Å². The van der Waals surface area contributed by atoms with Gasteiger partial charge in [-0.2, -0.15) is 18.3 Å². The summed E-state index contributed by atoms with van der Waals surface area (Å²) >= 11 is -3.06. The Balaban J connectivity index is 2.21. The maximum absolute atomic E-state index is 12.6. The summed E-state index contributed by atoms with van der Waals surface area (Å²) in [4.78, 5) is 36.4. The van der Waals surface area contributed by atoms with E-state index in [-0.39, 0.29) is 12.0 Å². The van der Waals surface area contributed by atoms with Crippen LogP contribution in [0.4, 0.5) is 13.2 Å². The Kier molecular flexibility index (Phi) is 6.67. The number of halogens is 3. The highest BCUT2D eigenvalue weighted by atomic mass is 32.2. The van der Waals surface area contributed by atoms with E-state index in [9.17, 15) is 41.4 Å². The van der Waals surface area contributed by atoms with Gasteiger partial charge >= 0.3 is 12.1 Å². The molecular formula is C17H17F3N3O6S-. The minimum atomic E-state index is -4.58. The molecule has 2 rings (SSSR count). The largest absolute Gasteiger partial charge is 0.772 e. The third kappa shape index (κ3) is 4.67. The van der Waals surface area contributed by atoms with Crippen molar-refractivity contribution in [3.8, 4) is 0 Å². The van der Waals surface area contributed by atoms with Gasteiger partial charge in [-0.3, -0.25) is 13.8 Å². The van der Waals surface area contributed by atoms with E-state index < -0.39 is 57.4 Å². The zero-order chi connectivity index (χ0) is 22.9. The standard InChI is InChI=1S/C17H18F3N3O6S/c1-9-7-12(24)23(9)13(15(26)27)16(2,30(28)29)8-21-22-14(25)10-3-5-11(6-4-10)17(18,19)20/h3-6,8-9,13H,7H2,1-2H3,(H,22,25)(H,26,27)(H,28,29)/p-1/b21-8+/t9-,13+,16+/m1/s1. The van der Waals surface area contributed by atoms with Gasteiger partial charge in [0.15, 0.2) is 6.04 Å². The van der Waals surface area contributed by atoms with E-state index in [0.717, 1.165) is 24.0 Å². The Morgan fingerprint density at radius 1 is 1.37 bits per heavy atom. The number of rotatable bonds is 7. The van der Waals surface area contributed by atoms with Crippen LogP contribution in [-0.2, 0) is 26.8 Å². The van der Waals surface area contributed by atoms with Gasteiger partial charge in [0.2, 0.25) is 5.91 Å². The molecule has 1 unspecified atom stereocenters. The van der Waals surface area contributed by atoms with E-state index in [1.54, 1.807) is 6.92 Å². The molecule has 1 aromatic rings. The van der Waals surface area contributed by atoms with E-state index in [0.29, 0.717) is 18.3 Å². The molecule has 1 heterocycles. The van der Waals surface area contributed by atoms with Crippen molar-refractivity contribution in [3.05, 3.63) is 35.4 Å². The first-order valence-electron chi connectivity index (χ1n) is 8.44. The highest BCUT2D eigenvalue weighted by Crippen LogP contribution is 2.31. The number of carbonyl (C=O) groups excluding carboxylic acids is 2. The number of nitrogens with one attached hydrogen (secondary N) is 1. The first-order valence-corrected chi connectivity index (χ1v) is 9.51. The number of hydrogen-bond donors (Lipinski definition) is 2. The first-order chi connectivity index (χ1) is 13.8. The number of hydrazone groups is 1. The van der Waals surface area contributed by atoms with E-state index in [1.807, 2.05) is 5.43 Å². The second kappa shape index (κ2) is 8.52. The molecule has 0 saturated carbocycles. The summed E-state index contributed by atoms with van der Waals surface area (Å²) in [6.07, 6.45) is -3.85. The van der Waals surface area contributed by atoms with E-state index in [1.165, 1.54) is 0 Å². The highest BCUT2D eigenvalue weighted by molar-refractivity contribution is 7.81. The van der Waals surface area contributed by atoms with Gasteiger partial charge in [-0.25, -0.2) is 10.2 Å². The van der Waals surface area contributed by atoms with E-state index in [2.05, 4.69) is 5.10 Å². The minimum absolute atomic E-state index is 0.0627. The van der Waals surface area contributed by atoms with Crippen LogP contribution in [0.5, 0.6) is 0 Å². The third-order valence-corrected chi connectivity index (χ3v) is 5.66. The monoisotopic (exact) mass is 448 g/mol. The molecule has 0 aliphatic carbocycles. The molecule has 1 fully saturated rings. The molecule has 2 N–H and O–H groups in total. The molecule has 1 aromatic carbocycles. The lowest BCUT2D eigenvalue weighted by molar-refractivity contribution is -0.161. The van der Waals surface area contributed by atoms with Gasteiger partial charge in [0, 0.05) is 24.2 Å². The molecule has 164 valence electrons. The van der Waals surface area contributed by atoms with Crippen LogP contribution in [0.2, 0.25) is 0 Å². The lowest BCUT2D eigenvalue weighted by atomic mass is 9.92. The maximum Gasteiger partial charge on any atom is 0.416 e. The van der Waals surface area contributed by atoms with Crippen molar-refractivity contribution >= 4 is 35.1 Å². The van der Waals surface area contributed by atoms with Crippen LogP contribution in [0.1, 0.15) is 36.2 Å². The number of likely N-dealkylation sites (tertiary alicyclic amines) is 1. The second-order valence-corrected chi connectivity index (χ2v) is 8.14. The summed E-state index contributed by atoms with van der Waals surface area (Å²) < 4.78 is 59.1. The number of β-lactam (4-membered cyclic amide) rings is 1. The fraction of sp³-hybridized carbons (Fsp3) is 0.412. The van der Waals surface area contributed by atoms with Crippen LogP contribution in [0, 0.1) is 0 Å². The normalized spacial score (nSPS) is 20.9. The van der Waals surface area contributed by atoms with Gasteiger partial charge in [-0.05, 0) is 49.2 Å². The Labute approximate surface area is 171 Å². The number of aliphatic carboxylic acids is 1. The maximum atomic E-state index is 12.6. The van der Waals surface area contributed by atoms with Gasteiger partial charge in [0.25, 0.3) is 5.91 Å². The molecule has 2 amide bonds. The molecule has 13 heteroatoms.